The van der Waals surface area contributed by atoms with E-state index in [0.717, 1.165) is 23.2 Å². The number of aromatic nitrogens is 5. The summed E-state index contributed by atoms with van der Waals surface area (Å²) in [5.41, 5.74) is 3.75. The molecule has 0 saturated heterocycles. The highest BCUT2D eigenvalue weighted by atomic mass is 19.1. The van der Waals surface area contributed by atoms with E-state index in [0.29, 0.717) is 23.0 Å². The van der Waals surface area contributed by atoms with Gasteiger partial charge in [-0.3, -0.25) is 4.98 Å². The van der Waals surface area contributed by atoms with Gasteiger partial charge in [-0.2, -0.15) is 9.59 Å². The lowest BCUT2D eigenvalue weighted by Gasteiger charge is -2.11. The predicted octanol–water partition coefficient (Wildman–Crippen LogP) is 3.36. The molecule has 4 heterocycles. The average Bonchev–Trinajstić information content (AvgIpc) is 3.14. The molecule has 0 bridgehead atoms. The van der Waals surface area contributed by atoms with E-state index in [-0.39, 0.29) is 6.15 Å². The monoisotopic (exact) mass is 392 g/mol. The molecule has 4 rings (SSSR count). The molecule has 0 aromatic carbocycles. The van der Waals surface area contributed by atoms with E-state index >= 15 is 0 Å². The summed E-state index contributed by atoms with van der Waals surface area (Å²) >= 11 is 0. The number of hydrogen-bond acceptors (Lipinski definition) is 7. The Morgan fingerprint density at radius 1 is 1.17 bits per heavy atom. The molecule has 0 aliphatic rings. The molecule has 29 heavy (non-hydrogen) atoms. The van der Waals surface area contributed by atoms with Crippen LogP contribution in [0.1, 0.15) is 18.2 Å². The first kappa shape index (κ1) is 19.8. The van der Waals surface area contributed by atoms with Crippen molar-refractivity contribution in [2.75, 3.05) is 5.32 Å². The van der Waals surface area contributed by atoms with Gasteiger partial charge in [0.15, 0.2) is 11.6 Å². The lowest BCUT2D eigenvalue weighted by Crippen LogP contribution is -2.06. The van der Waals surface area contributed by atoms with Crippen LogP contribution in [0.4, 0.5) is 15.9 Å². The molecule has 0 aliphatic carbocycles. The van der Waals surface area contributed by atoms with Crippen LogP contribution in [-0.4, -0.2) is 30.7 Å². The Morgan fingerprint density at radius 3 is 2.66 bits per heavy atom. The molecular weight excluding hydrogens is 375 g/mol. The number of anilines is 2. The van der Waals surface area contributed by atoms with Crippen LogP contribution in [0, 0.1) is 12.7 Å². The maximum Gasteiger partial charge on any atom is 0.373 e. The van der Waals surface area contributed by atoms with Crippen molar-refractivity contribution in [1.82, 2.24) is 24.6 Å². The summed E-state index contributed by atoms with van der Waals surface area (Å²) in [5.74, 6) is 0.561. The molecule has 4 aromatic rings. The lowest BCUT2D eigenvalue weighted by molar-refractivity contribution is -0.191. The normalized spacial score (nSPS) is 10.2. The van der Waals surface area contributed by atoms with Crippen LogP contribution in [0.2, 0.25) is 0 Å². The standard InChI is InChI=1S/C19H17FN6.CO2/c1-3-13-8-10-26-17(13)19(23-15-7-9-21-11-14(15)20)24-18(25-26)16-6-4-5-12(2)22-16;2-1-3/h4-11H,3H2,1-2H3,(H,21,23,24,25);. The third-order valence-corrected chi connectivity index (χ3v) is 4.12. The molecule has 0 saturated carbocycles. The molecule has 0 radical (unpaired) electrons. The van der Waals surface area contributed by atoms with E-state index in [1.54, 1.807) is 10.6 Å². The Balaban J connectivity index is 0.000000755. The van der Waals surface area contributed by atoms with Crippen molar-refractivity contribution < 1.29 is 14.0 Å². The van der Waals surface area contributed by atoms with E-state index in [4.69, 9.17) is 9.59 Å². The first-order valence-electron chi connectivity index (χ1n) is 8.75. The summed E-state index contributed by atoms with van der Waals surface area (Å²) < 4.78 is 15.8. The van der Waals surface area contributed by atoms with Crippen molar-refractivity contribution in [3.63, 3.8) is 0 Å². The number of carbonyl (C=O) groups excluding carboxylic acids is 2. The minimum absolute atomic E-state index is 0.250. The van der Waals surface area contributed by atoms with Crippen LogP contribution in [0.15, 0.2) is 48.9 Å². The molecule has 0 spiro atoms. The van der Waals surface area contributed by atoms with Crippen molar-refractivity contribution in [2.45, 2.75) is 20.3 Å². The summed E-state index contributed by atoms with van der Waals surface area (Å²) in [5, 5.41) is 7.66. The Bertz CT molecular complexity index is 1180. The van der Waals surface area contributed by atoms with Gasteiger partial charge in [0.05, 0.1) is 11.9 Å². The smallest absolute Gasteiger partial charge is 0.336 e. The molecular formula is C20H17FN6O2. The maximum absolute atomic E-state index is 14.1. The van der Waals surface area contributed by atoms with Crippen molar-refractivity contribution in [3.8, 4) is 11.5 Å². The maximum atomic E-state index is 14.1. The third kappa shape index (κ3) is 4.31. The average molecular weight is 392 g/mol. The quantitative estimate of drug-likeness (QED) is 0.568. The second kappa shape index (κ2) is 8.81. The molecule has 0 fully saturated rings. The third-order valence-electron chi connectivity index (χ3n) is 4.12. The summed E-state index contributed by atoms with van der Waals surface area (Å²) in [7, 11) is 0. The zero-order valence-electron chi connectivity index (χ0n) is 15.8. The molecule has 0 amide bonds. The topological polar surface area (TPSA) is 102 Å². The first-order valence-corrected chi connectivity index (χ1v) is 8.75. The fourth-order valence-corrected chi connectivity index (χ4v) is 2.84. The summed E-state index contributed by atoms with van der Waals surface area (Å²) in [6, 6.07) is 9.25. The second-order valence-corrected chi connectivity index (χ2v) is 6.00. The van der Waals surface area contributed by atoms with Gasteiger partial charge >= 0.3 is 6.15 Å². The van der Waals surface area contributed by atoms with Gasteiger partial charge in [0, 0.05) is 18.1 Å². The number of pyridine rings is 2. The Labute approximate surface area is 165 Å². The number of fused-ring (bicyclic) bond motifs is 1. The van der Waals surface area contributed by atoms with Crippen molar-refractivity contribution in [2.24, 2.45) is 0 Å². The summed E-state index contributed by atoms with van der Waals surface area (Å²) in [6.07, 6.45) is 5.65. The van der Waals surface area contributed by atoms with E-state index in [1.165, 1.54) is 12.4 Å². The molecule has 0 atom stereocenters. The zero-order valence-corrected chi connectivity index (χ0v) is 15.8. The van der Waals surface area contributed by atoms with Crippen LogP contribution in [0.3, 0.4) is 0 Å². The molecule has 0 aliphatic heterocycles. The van der Waals surface area contributed by atoms with Gasteiger partial charge < -0.3 is 5.32 Å². The Morgan fingerprint density at radius 2 is 1.97 bits per heavy atom. The molecule has 4 aromatic heterocycles. The summed E-state index contributed by atoms with van der Waals surface area (Å²) in [6.45, 7) is 3.97. The predicted molar refractivity (Wildman–Crippen MR) is 103 cm³/mol. The number of halogens is 1. The van der Waals surface area contributed by atoms with Crippen molar-refractivity contribution in [3.05, 3.63) is 66.0 Å². The van der Waals surface area contributed by atoms with Gasteiger partial charge in [-0.15, -0.1) is 5.10 Å². The van der Waals surface area contributed by atoms with Crippen LogP contribution in [0.5, 0.6) is 0 Å². The Hall–Kier alpha value is -3.97. The van der Waals surface area contributed by atoms with Crippen LogP contribution in [-0.2, 0) is 16.0 Å². The number of hydrogen-bond donors (Lipinski definition) is 1. The van der Waals surface area contributed by atoms with Gasteiger partial charge in [0.1, 0.15) is 11.2 Å². The Kier molecular flexibility index (Phi) is 6.01. The summed E-state index contributed by atoms with van der Waals surface area (Å²) in [4.78, 5) is 29.2. The zero-order chi connectivity index (χ0) is 20.8. The minimum atomic E-state index is -0.441. The van der Waals surface area contributed by atoms with Gasteiger partial charge in [-0.05, 0) is 43.2 Å². The minimum Gasteiger partial charge on any atom is -0.336 e. The molecule has 0 unspecified atom stereocenters. The highest BCUT2D eigenvalue weighted by Crippen LogP contribution is 2.27. The van der Waals surface area contributed by atoms with Crippen LogP contribution < -0.4 is 5.32 Å². The van der Waals surface area contributed by atoms with Gasteiger partial charge in [0.2, 0.25) is 5.82 Å². The van der Waals surface area contributed by atoms with E-state index in [2.05, 4.69) is 32.3 Å². The van der Waals surface area contributed by atoms with E-state index in [1.807, 2.05) is 37.4 Å². The number of nitrogens with one attached hydrogen (secondary N) is 1. The fourth-order valence-electron chi connectivity index (χ4n) is 2.84. The highest BCUT2D eigenvalue weighted by molar-refractivity contribution is 5.78. The van der Waals surface area contributed by atoms with E-state index < -0.39 is 5.82 Å². The number of aryl methyl sites for hydroxylation is 2. The lowest BCUT2D eigenvalue weighted by atomic mass is 10.2. The van der Waals surface area contributed by atoms with Crippen molar-refractivity contribution in [1.29, 1.82) is 0 Å². The largest absolute Gasteiger partial charge is 0.373 e. The molecule has 146 valence electrons. The number of rotatable bonds is 4. The second-order valence-electron chi connectivity index (χ2n) is 6.00. The van der Waals surface area contributed by atoms with E-state index in [9.17, 15) is 4.39 Å². The van der Waals surface area contributed by atoms with Crippen molar-refractivity contribution >= 4 is 23.2 Å². The fraction of sp³-hybridized carbons (Fsp3) is 0.150. The van der Waals surface area contributed by atoms with Gasteiger partial charge in [0.25, 0.3) is 0 Å². The van der Waals surface area contributed by atoms with Gasteiger partial charge in [-0.25, -0.2) is 18.9 Å². The van der Waals surface area contributed by atoms with Crippen LogP contribution in [0.25, 0.3) is 17.0 Å². The number of nitrogens with zero attached hydrogens (tertiary/aromatic N) is 5. The molecule has 9 heteroatoms. The highest BCUT2D eigenvalue weighted by Gasteiger charge is 2.15. The first-order chi connectivity index (χ1) is 14.1. The van der Waals surface area contributed by atoms with Crippen LogP contribution >= 0.6 is 0 Å². The molecule has 1 N–H and O–H groups in total. The molecule has 8 nitrogen and oxygen atoms in total. The SMILES string of the molecule is CCc1ccn2nc(-c3cccc(C)n3)nc(Nc3ccncc3F)c12.O=C=O. The van der Waals surface area contributed by atoms with Gasteiger partial charge in [-0.1, -0.05) is 13.0 Å².